The number of hydrogen-bond acceptors (Lipinski definition) is 4. The summed E-state index contributed by atoms with van der Waals surface area (Å²) in [6, 6.07) is 16.7. The lowest BCUT2D eigenvalue weighted by atomic mass is 10.2. The maximum Gasteiger partial charge on any atom is 0.255 e. The molecule has 4 aromatic rings. The van der Waals surface area contributed by atoms with Crippen LogP contribution in [-0.4, -0.2) is 21.4 Å². The lowest BCUT2D eigenvalue weighted by molar-refractivity contribution is -0.114. The zero-order chi connectivity index (χ0) is 20.5. The van der Waals surface area contributed by atoms with Crippen molar-refractivity contribution in [1.82, 2.24) is 9.55 Å². The number of fused-ring (bicyclic) bond motifs is 1. The van der Waals surface area contributed by atoms with Crippen LogP contribution in [0.2, 0.25) is 0 Å². The summed E-state index contributed by atoms with van der Waals surface area (Å²) in [6.07, 6.45) is 0. The molecule has 6 nitrogen and oxygen atoms in total. The van der Waals surface area contributed by atoms with Crippen molar-refractivity contribution in [2.24, 2.45) is 0 Å². The average Bonchev–Trinajstić information content (AvgIpc) is 3.24. The van der Waals surface area contributed by atoms with Gasteiger partial charge in [0, 0.05) is 35.2 Å². The summed E-state index contributed by atoms with van der Waals surface area (Å²) in [5.41, 5.74) is 5.04. The van der Waals surface area contributed by atoms with Gasteiger partial charge in [-0.05, 0) is 68.4 Å². The molecule has 2 N–H and O–H groups in total. The van der Waals surface area contributed by atoms with Crippen LogP contribution in [0.1, 0.15) is 28.7 Å². The van der Waals surface area contributed by atoms with Gasteiger partial charge in [-0.1, -0.05) is 11.3 Å². The van der Waals surface area contributed by atoms with Crippen LogP contribution in [0.25, 0.3) is 15.3 Å². The van der Waals surface area contributed by atoms with Crippen molar-refractivity contribution in [3.8, 4) is 5.13 Å². The second-order valence-corrected chi connectivity index (χ2v) is 7.85. The Labute approximate surface area is 172 Å². The first-order chi connectivity index (χ1) is 13.9. The van der Waals surface area contributed by atoms with E-state index in [1.165, 1.54) is 6.92 Å². The summed E-state index contributed by atoms with van der Waals surface area (Å²) in [4.78, 5) is 28.5. The number of hydrogen-bond donors (Lipinski definition) is 2. The highest BCUT2D eigenvalue weighted by atomic mass is 32.1. The molecular weight excluding hydrogens is 384 g/mol. The van der Waals surface area contributed by atoms with E-state index in [0.717, 1.165) is 26.7 Å². The fourth-order valence-corrected chi connectivity index (χ4v) is 4.29. The van der Waals surface area contributed by atoms with Gasteiger partial charge in [-0.15, -0.1) is 0 Å². The number of anilines is 2. The Hall–Kier alpha value is -3.45. The number of carbonyl (C=O) groups is 2. The summed E-state index contributed by atoms with van der Waals surface area (Å²) >= 11 is 1.56. The molecule has 29 heavy (non-hydrogen) atoms. The van der Waals surface area contributed by atoms with Gasteiger partial charge >= 0.3 is 0 Å². The number of carbonyl (C=O) groups excluding carboxylic acids is 2. The van der Waals surface area contributed by atoms with Gasteiger partial charge in [-0.3, -0.25) is 14.2 Å². The van der Waals surface area contributed by atoms with E-state index in [0.29, 0.717) is 16.9 Å². The Kier molecular flexibility index (Phi) is 4.90. The third-order valence-electron chi connectivity index (χ3n) is 4.56. The fourth-order valence-electron chi connectivity index (χ4n) is 3.16. The molecule has 2 aromatic heterocycles. The fraction of sp³-hybridized carbons (Fsp3) is 0.136. The molecular formula is C22H20N4O2S. The smallest absolute Gasteiger partial charge is 0.255 e. The van der Waals surface area contributed by atoms with E-state index in [1.807, 2.05) is 12.1 Å². The molecule has 0 aliphatic rings. The van der Waals surface area contributed by atoms with E-state index in [9.17, 15) is 9.59 Å². The molecule has 0 aliphatic heterocycles. The van der Waals surface area contributed by atoms with Crippen LogP contribution in [-0.2, 0) is 4.79 Å². The lowest BCUT2D eigenvalue weighted by Gasteiger charge is -2.07. The van der Waals surface area contributed by atoms with E-state index in [4.69, 9.17) is 4.98 Å². The molecule has 0 unspecified atom stereocenters. The monoisotopic (exact) mass is 404 g/mol. The molecule has 0 bridgehead atoms. The van der Waals surface area contributed by atoms with Crippen molar-refractivity contribution < 1.29 is 9.59 Å². The number of benzene rings is 2. The first-order valence-corrected chi connectivity index (χ1v) is 9.97. The molecule has 0 spiro atoms. The molecule has 0 aliphatic carbocycles. The summed E-state index contributed by atoms with van der Waals surface area (Å²) in [6.45, 7) is 5.56. The van der Waals surface area contributed by atoms with Crippen LogP contribution in [0.4, 0.5) is 11.4 Å². The van der Waals surface area contributed by atoms with Crippen LogP contribution in [0.3, 0.4) is 0 Å². The largest absolute Gasteiger partial charge is 0.326 e. The second-order valence-electron chi connectivity index (χ2n) is 6.84. The average molecular weight is 404 g/mol. The molecule has 2 aromatic carbocycles. The Balaban J connectivity index is 1.56. The van der Waals surface area contributed by atoms with Gasteiger partial charge in [0.05, 0.1) is 10.2 Å². The van der Waals surface area contributed by atoms with E-state index in [-0.39, 0.29) is 11.8 Å². The highest BCUT2D eigenvalue weighted by molar-refractivity contribution is 7.20. The number of amides is 2. The van der Waals surface area contributed by atoms with E-state index < -0.39 is 0 Å². The van der Waals surface area contributed by atoms with Crippen LogP contribution in [0.15, 0.2) is 54.6 Å². The summed E-state index contributed by atoms with van der Waals surface area (Å²) < 4.78 is 3.07. The molecule has 0 fully saturated rings. The number of rotatable bonds is 4. The molecule has 2 heterocycles. The molecule has 146 valence electrons. The topological polar surface area (TPSA) is 76.0 Å². The maximum absolute atomic E-state index is 12.7. The van der Waals surface area contributed by atoms with Crippen molar-refractivity contribution in [3.05, 3.63) is 71.5 Å². The van der Waals surface area contributed by atoms with Crippen LogP contribution in [0.5, 0.6) is 0 Å². The highest BCUT2D eigenvalue weighted by Gasteiger charge is 2.13. The van der Waals surface area contributed by atoms with Crippen molar-refractivity contribution in [1.29, 1.82) is 0 Å². The van der Waals surface area contributed by atoms with Gasteiger partial charge < -0.3 is 10.6 Å². The molecule has 7 heteroatoms. The van der Waals surface area contributed by atoms with Gasteiger partial charge in [0.2, 0.25) is 5.91 Å². The summed E-state index contributed by atoms with van der Waals surface area (Å²) in [5, 5.41) is 6.48. The number of thiazole rings is 1. The van der Waals surface area contributed by atoms with Crippen molar-refractivity contribution in [2.75, 3.05) is 10.6 Å². The minimum atomic E-state index is -0.192. The maximum atomic E-state index is 12.7. The first kappa shape index (κ1) is 18.9. The van der Waals surface area contributed by atoms with Gasteiger partial charge in [0.1, 0.15) is 0 Å². The predicted molar refractivity (Wildman–Crippen MR) is 117 cm³/mol. The number of nitrogens with one attached hydrogen (secondary N) is 2. The lowest BCUT2D eigenvalue weighted by Crippen LogP contribution is -2.12. The number of nitrogens with zero attached hydrogens (tertiary/aromatic N) is 2. The third kappa shape index (κ3) is 3.90. The zero-order valence-electron chi connectivity index (χ0n) is 16.3. The van der Waals surface area contributed by atoms with Gasteiger partial charge in [-0.25, -0.2) is 4.98 Å². The Bertz CT molecular complexity index is 1200. The zero-order valence-corrected chi connectivity index (χ0v) is 17.1. The molecule has 2 amide bonds. The standard InChI is InChI=1S/C22H20N4O2S/c1-13-4-5-14(2)26(13)22-25-19-11-6-16(12-20(19)29-22)21(28)24-18-9-7-17(8-10-18)23-15(3)27/h4-12H,1-3H3,(H,23,27)(H,24,28). The highest BCUT2D eigenvalue weighted by Crippen LogP contribution is 2.28. The molecule has 0 saturated heterocycles. The number of aromatic nitrogens is 2. The number of aryl methyl sites for hydroxylation is 2. The van der Waals surface area contributed by atoms with E-state index >= 15 is 0 Å². The Morgan fingerprint density at radius 2 is 1.52 bits per heavy atom. The minimum Gasteiger partial charge on any atom is -0.326 e. The quantitative estimate of drug-likeness (QED) is 0.507. The normalized spacial score (nSPS) is 10.9. The van der Waals surface area contributed by atoms with Gasteiger partial charge in [0.15, 0.2) is 5.13 Å². The molecule has 0 atom stereocenters. The summed E-state index contributed by atoms with van der Waals surface area (Å²) in [5.74, 6) is -0.327. The van der Waals surface area contributed by atoms with Gasteiger partial charge in [0.25, 0.3) is 5.91 Å². The Morgan fingerprint density at radius 1 is 0.897 bits per heavy atom. The Morgan fingerprint density at radius 3 is 2.14 bits per heavy atom. The van der Waals surface area contributed by atoms with Crippen molar-refractivity contribution >= 4 is 44.7 Å². The second kappa shape index (κ2) is 7.52. The molecule has 0 radical (unpaired) electrons. The predicted octanol–water partition coefficient (Wildman–Crippen LogP) is 4.91. The summed E-state index contributed by atoms with van der Waals surface area (Å²) in [7, 11) is 0. The minimum absolute atomic E-state index is 0.135. The molecule has 0 saturated carbocycles. The van der Waals surface area contributed by atoms with Crippen LogP contribution in [0, 0.1) is 13.8 Å². The van der Waals surface area contributed by atoms with Crippen LogP contribution < -0.4 is 10.6 Å². The van der Waals surface area contributed by atoms with E-state index in [2.05, 4.69) is 41.2 Å². The SMILES string of the molecule is CC(=O)Nc1ccc(NC(=O)c2ccc3nc(-n4c(C)ccc4C)sc3c2)cc1. The molecule has 4 rings (SSSR count). The van der Waals surface area contributed by atoms with Crippen molar-refractivity contribution in [3.63, 3.8) is 0 Å². The first-order valence-electron chi connectivity index (χ1n) is 9.15. The van der Waals surface area contributed by atoms with Crippen LogP contribution >= 0.6 is 11.3 Å². The van der Waals surface area contributed by atoms with Gasteiger partial charge in [-0.2, -0.15) is 0 Å². The van der Waals surface area contributed by atoms with E-state index in [1.54, 1.807) is 41.7 Å². The van der Waals surface area contributed by atoms with Crippen molar-refractivity contribution in [2.45, 2.75) is 20.8 Å². The third-order valence-corrected chi connectivity index (χ3v) is 5.57.